The SMILES string of the molecule is COCCOCC(=O)Nc1ccccc1OC. The summed E-state index contributed by atoms with van der Waals surface area (Å²) in [6.07, 6.45) is 0. The van der Waals surface area contributed by atoms with Gasteiger partial charge in [-0.05, 0) is 12.1 Å². The number of rotatable bonds is 7. The maximum atomic E-state index is 11.5. The number of carbonyl (C=O) groups is 1. The number of hydrogen-bond donors (Lipinski definition) is 1. The van der Waals surface area contributed by atoms with Crippen LogP contribution in [-0.4, -0.2) is 39.9 Å². The zero-order valence-electron chi connectivity index (χ0n) is 10.1. The summed E-state index contributed by atoms with van der Waals surface area (Å²) in [5, 5.41) is 2.71. The zero-order chi connectivity index (χ0) is 12.5. The van der Waals surface area contributed by atoms with Crippen LogP contribution in [0.15, 0.2) is 24.3 Å². The Morgan fingerprint density at radius 1 is 1.24 bits per heavy atom. The van der Waals surface area contributed by atoms with Crippen LogP contribution in [0.25, 0.3) is 0 Å². The molecule has 1 aromatic carbocycles. The highest BCUT2D eigenvalue weighted by atomic mass is 16.5. The Morgan fingerprint density at radius 2 is 2.00 bits per heavy atom. The molecule has 1 aromatic rings. The third-order valence-corrected chi connectivity index (χ3v) is 2.05. The van der Waals surface area contributed by atoms with E-state index in [0.717, 1.165) is 0 Å². The molecule has 0 aliphatic heterocycles. The van der Waals surface area contributed by atoms with E-state index in [1.807, 2.05) is 12.1 Å². The predicted octanol–water partition coefficient (Wildman–Crippen LogP) is 1.30. The minimum absolute atomic E-state index is 0.00140. The average molecular weight is 239 g/mol. The minimum Gasteiger partial charge on any atom is -0.495 e. The quantitative estimate of drug-likeness (QED) is 0.729. The van der Waals surface area contributed by atoms with E-state index in [4.69, 9.17) is 14.2 Å². The molecule has 94 valence electrons. The van der Waals surface area contributed by atoms with E-state index < -0.39 is 0 Å². The Labute approximate surface area is 101 Å². The molecule has 0 aliphatic rings. The molecule has 0 saturated heterocycles. The first-order valence-corrected chi connectivity index (χ1v) is 5.27. The monoisotopic (exact) mass is 239 g/mol. The van der Waals surface area contributed by atoms with Crippen LogP contribution >= 0.6 is 0 Å². The number of methoxy groups -OCH3 is 2. The summed E-state index contributed by atoms with van der Waals surface area (Å²) >= 11 is 0. The van der Waals surface area contributed by atoms with Crippen molar-refractivity contribution in [2.75, 3.05) is 39.4 Å². The third kappa shape index (κ3) is 4.84. The molecule has 17 heavy (non-hydrogen) atoms. The van der Waals surface area contributed by atoms with Crippen molar-refractivity contribution in [1.29, 1.82) is 0 Å². The maximum absolute atomic E-state index is 11.5. The van der Waals surface area contributed by atoms with Crippen LogP contribution in [-0.2, 0) is 14.3 Å². The molecular weight excluding hydrogens is 222 g/mol. The summed E-state index contributed by atoms with van der Waals surface area (Å²) < 4.78 is 15.0. The Bertz CT molecular complexity index is 354. The normalized spacial score (nSPS) is 10.0. The average Bonchev–Trinajstić information content (AvgIpc) is 2.35. The predicted molar refractivity (Wildman–Crippen MR) is 64.3 cm³/mol. The lowest BCUT2D eigenvalue weighted by molar-refractivity contribution is -0.121. The molecule has 1 N–H and O–H groups in total. The second-order valence-electron chi connectivity index (χ2n) is 3.29. The molecular formula is C12H17NO4. The van der Waals surface area contributed by atoms with E-state index in [2.05, 4.69) is 5.32 Å². The fraction of sp³-hybridized carbons (Fsp3) is 0.417. The number of nitrogens with one attached hydrogen (secondary N) is 1. The van der Waals surface area contributed by atoms with Crippen molar-refractivity contribution in [2.45, 2.75) is 0 Å². The van der Waals surface area contributed by atoms with E-state index in [0.29, 0.717) is 24.7 Å². The summed E-state index contributed by atoms with van der Waals surface area (Å²) in [5.41, 5.74) is 0.635. The number of benzene rings is 1. The van der Waals surface area contributed by atoms with Crippen LogP contribution in [0.1, 0.15) is 0 Å². The van der Waals surface area contributed by atoms with Crippen LogP contribution in [0, 0.1) is 0 Å². The molecule has 0 heterocycles. The van der Waals surface area contributed by atoms with Crippen molar-refractivity contribution < 1.29 is 19.0 Å². The maximum Gasteiger partial charge on any atom is 0.250 e. The van der Waals surface area contributed by atoms with Gasteiger partial charge in [-0.2, -0.15) is 0 Å². The van der Waals surface area contributed by atoms with Crippen LogP contribution in [0.4, 0.5) is 5.69 Å². The van der Waals surface area contributed by atoms with E-state index in [9.17, 15) is 4.79 Å². The van der Waals surface area contributed by atoms with Crippen LogP contribution < -0.4 is 10.1 Å². The summed E-state index contributed by atoms with van der Waals surface area (Å²) in [5.74, 6) is 0.406. The van der Waals surface area contributed by atoms with Crippen LogP contribution in [0.5, 0.6) is 5.75 Å². The van der Waals surface area contributed by atoms with Gasteiger partial charge in [-0.25, -0.2) is 0 Å². The van der Waals surface area contributed by atoms with Gasteiger partial charge in [0.2, 0.25) is 5.91 Å². The van der Waals surface area contributed by atoms with Gasteiger partial charge in [-0.3, -0.25) is 4.79 Å². The zero-order valence-corrected chi connectivity index (χ0v) is 10.1. The summed E-state index contributed by atoms with van der Waals surface area (Å²) in [6, 6.07) is 7.21. The van der Waals surface area contributed by atoms with Crippen molar-refractivity contribution in [2.24, 2.45) is 0 Å². The van der Waals surface area contributed by atoms with Crippen LogP contribution in [0.3, 0.4) is 0 Å². The highest BCUT2D eigenvalue weighted by Gasteiger charge is 2.06. The molecule has 5 heteroatoms. The number of ether oxygens (including phenoxy) is 3. The van der Waals surface area contributed by atoms with Gasteiger partial charge < -0.3 is 19.5 Å². The summed E-state index contributed by atoms with van der Waals surface area (Å²) in [4.78, 5) is 11.5. The highest BCUT2D eigenvalue weighted by Crippen LogP contribution is 2.22. The smallest absolute Gasteiger partial charge is 0.250 e. The van der Waals surface area contributed by atoms with Gasteiger partial charge in [0.1, 0.15) is 12.4 Å². The fourth-order valence-electron chi connectivity index (χ4n) is 1.24. The Kier molecular flexibility index (Phi) is 6.06. The first kappa shape index (κ1) is 13.5. The highest BCUT2D eigenvalue weighted by molar-refractivity contribution is 5.93. The van der Waals surface area contributed by atoms with Crippen molar-refractivity contribution in [1.82, 2.24) is 0 Å². The van der Waals surface area contributed by atoms with Gasteiger partial charge in [0, 0.05) is 7.11 Å². The lowest BCUT2D eigenvalue weighted by atomic mass is 10.3. The molecule has 0 aliphatic carbocycles. The number of para-hydroxylation sites is 2. The molecule has 0 unspecified atom stereocenters. The van der Waals surface area contributed by atoms with Gasteiger partial charge in [0.15, 0.2) is 0 Å². The molecule has 0 fully saturated rings. The van der Waals surface area contributed by atoms with E-state index in [1.54, 1.807) is 26.4 Å². The molecule has 1 rings (SSSR count). The lowest BCUT2D eigenvalue weighted by Crippen LogP contribution is -2.19. The number of anilines is 1. The van der Waals surface area contributed by atoms with Crippen molar-refractivity contribution in [3.63, 3.8) is 0 Å². The Hall–Kier alpha value is -1.59. The first-order valence-electron chi connectivity index (χ1n) is 5.27. The second kappa shape index (κ2) is 7.65. The molecule has 0 atom stereocenters. The molecule has 1 amide bonds. The van der Waals surface area contributed by atoms with Gasteiger partial charge in [0.25, 0.3) is 0 Å². The second-order valence-corrected chi connectivity index (χ2v) is 3.29. The molecule has 0 spiro atoms. The minimum atomic E-state index is -0.217. The third-order valence-electron chi connectivity index (χ3n) is 2.05. The van der Waals surface area contributed by atoms with Gasteiger partial charge in [0.05, 0.1) is 26.0 Å². The van der Waals surface area contributed by atoms with Crippen molar-refractivity contribution >= 4 is 11.6 Å². The van der Waals surface area contributed by atoms with E-state index in [-0.39, 0.29) is 12.5 Å². The Balaban J connectivity index is 2.39. The van der Waals surface area contributed by atoms with Crippen LogP contribution in [0.2, 0.25) is 0 Å². The first-order chi connectivity index (χ1) is 8.27. The number of carbonyl (C=O) groups excluding carboxylic acids is 1. The summed E-state index contributed by atoms with van der Waals surface area (Å²) in [7, 11) is 3.14. The van der Waals surface area contributed by atoms with Gasteiger partial charge in [-0.1, -0.05) is 12.1 Å². The number of amides is 1. The molecule has 0 radical (unpaired) electrons. The van der Waals surface area contributed by atoms with Gasteiger partial charge in [-0.15, -0.1) is 0 Å². The molecule has 0 bridgehead atoms. The topological polar surface area (TPSA) is 56.8 Å². The van der Waals surface area contributed by atoms with Crippen molar-refractivity contribution in [3.05, 3.63) is 24.3 Å². The van der Waals surface area contributed by atoms with E-state index >= 15 is 0 Å². The van der Waals surface area contributed by atoms with E-state index in [1.165, 1.54) is 0 Å². The number of hydrogen-bond acceptors (Lipinski definition) is 4. The molecule has 0 aromatic heterocycles. The molecule has 5 nitrogen and oxygen atoms in total. The standard InChI is InChI=1S/C12H17NO4/c1-15-7-8-17-9-12(14)13-10-5-3-4-6-11(10)16-2/h3-6H,7-9H2,1-2H3,(H,13,14). The fourth-order valence-corrected chi connectivity index (χ4v) is 1.24. The van der Waals surface area contributed by atoms with Gasteiger partial charge >= 0.3 is 0 Å². The largest absolute Gasteiger partial charge is 0.495 e. The molecule has 0 saturated carbocycles. The lowest BCUT2D eigenvalue weighted by Gasteiger charge is -2.09. The summed E-state index contributed by atoms with van der Waals surface area (Å²) in [6.45, 7) is 0.874. The Morgan fingerprint density at radius 3 is 2.71 bits per heavy atom. The van der Waals surface area contributed by atoms with Crippen molar-refractivity contribution in [3.8, 4) is 5.75 Å².